The van der Waals surface area contributed by atoms with E-state index in [0.717, 1.165) is 4.31 Å². The van der Waals surface area contributed by atoms with Crippen molar-refractivity contribution in [1.29, 1.82) is 0 Å². The van der Waals surface area contributed by atoms with Gasteiger partial charge in [-0.05, 0) is 42.0 Å². The molecule has 26 heavy (non-hydrogen) atoms. The molecule has 0 fully saturated rings. The van der Waals surface area contributed by atoms with Gasteiger partial charge < -0.3 is 10.1 Å². The lowest BCUT2D eigenvalue weighted by molar-refractivity contribution is -0.121. The second-order valence-corrected chi connectivity index (χ2v) is 8.34. The predicted octanol–water partition coefficient (Wildman–Crippen LogP) is 2.94. The van der Waals surface area contributed by atoms with E-state index in [0.29, 0.717) is 21.4 Å². The van der Waals surface area contributed by atoms with Crippen LogP contribution in [0, 0.1) is 0 Å². The lowest BCUT2D eigenvalue weighted by Crippen LogP contribution is -2.38. The molecule has 2 aromatic rings. The molecular formula is C17H18Cl2N2O4S. The van der Waals surface area contributed by atoms with Crippen molar-refractivity contribution in [3.63, 3.8) is 0 Å². The Morgan fingerprint density at radius 3 is 2.38 bits per heavy atom. The van der Waals surface area contributed by atoms with Gasteiger partial charge in [0, 0.05) is 23.6 Å². The first-order valence-corrected chi connectivity index (χ1v) is 9.74. The summed E-state index contributed by atoms with van der Waals surface area (Å²) in [6.45, 7) is -0.148. The minimum Gasteiger partial charge on any atom is -0.497 e. The van der Waals surface area contributed by atoms with Crippen LogP contribution in [0.3, 0.4) is 0 Å². The quantitative estimate of drug-likeness (QED) is 0.752. The number of hydrogen-bond acceptors (Lipinski definition) is 4. The second kappa shape index (κ2) is 8.73. The van der Waals surface area contributed by atoms with E-state index in [-0.39, 0.29) is 18.0 Å². The van der Waals surface area contributed by atoms with Crippen LogP contribution in [0.25, 0.3) is 0 Å². The summed E-state index contributed by atoms with van der Waals surface area (Å²) in [4.78, 5) is 12.2. The highest BCUT2D eigenvalue weighted by molar-refractivity contribution is 7.89. The smallest absolute Gasteiger partial charge is 0.243 e. The van der Waals surface area contributed by atoms with Gasteiger partial charge in [0.2, 0.25) is 15.9 Å². The van der Waals surface area contributed by atoms with Gasteiger partial charge in [0.05, 0.1) is 18.6 Å². The van der Waals surface area contributed by atoms with Crippen LogP contribution in [0.2, 0.25) is 10.0 Å². The van der Waals surface area contributed by atoms with Gasteiger partial charge in [-0.3, -0.25) is 4.79 Å². The van der Waals surface area contributed by atoms with Crippen LogP contribution in [-0.4, -0.2) is 39.3 Å². The zero-order chi connectivity index (χ0) is 19.3. The molecule has 1 amide bonds. The third kappa shape index (κ3) is 5.11. The van der Waals surface area contributed by atoms with Gasteiger partial charge in [-0.2, -0.15) is 4.31 Å². The number of methoxy groups -OCH3 is 1. The fraction of sp³-hybridized carbons (Fsp3) is 0.235. The first-order chi connectivity index (χ1) is 12.2. The average molecular weight is 417 g/mol. The fourth-order valence-corrected chi connectivity index (χ4v) is 3.73. The molecule has 0 atom stereocenters. The summed E-state index contributed by atoms with van der Waals surface area (Å²) >= 11 is 11.9. The monoisotopic (exact) mass is 416 g/mol. The molecule has 0 aliphatic rings. The molecule has 0 aliphatic heterocycles. The van der Waals surface area contributed by atoms with E-state index < -0.39 is 15.9 Å². The van der Waals surface area contributed by atoms with Crippen molar-refractivity contribution < 1.29 is 17.9 Å². The minimum atomic E-state index is -3.78. The summed E-state index contributed by atoms with van der Waals surface area (Å²) in [6, 6.07) is 10.9. The number of nitrogens with zero attached hydrogens (tertiary/aromatic N) is 1. The van der Waals surface area contributed by atoms with Crippen LogP contribution in [0.1, 0.15) is 5.56 Å². The van der Waals surface area contributed by atoms with Gasteiger partial charge >= 0.3 is 0 Å². The van der Waals surface area contributed by atoms with Crippen molar-refractivity contribution in [2.45, 2.75) is 11.4 Å². The standard InChI is InChI=1S/C17H18Cl2N2O4S/c1-21(26(23,24)15-7-5-14(25-2)6-8-15)11-17(22)20-10-12-3-4-13(18)9-16(12)19/h3-9H,10-11H2,1-2H3,(H,20,22). The molecule has 140 valence electrons. The van der Waals surface area contributed by atoms with Crippen molar-refractivity contribution in [1.82, 2.24) is 9.62 Å². The molecule has 2 aromatic carbocycles. The largest absolute Gasteiger partial charge is 0.497 e. The lowest BCUT2D eigenvalue weighted by atomic mass is 10.2. The second-order valence-electron chi connectivity index (χ2n) is 5.45. The topological polar surface area (TPSA) is 75.7 Å². The normalized spacial score (nSPS) is 11.4. The average Bonchev–Trinajstić information content (AvgIpc) is 2.61. The van der Waals surface area contributed by atoms with Gasteiger partial charge in [0.25, 0.3) is 0 Å². The fourth-order valence-electron chi connectivity index (χ4n) is 2.13. The zero-order valence-corrected chi connectivity index (χ0v) is 16.5. The Morgan fingerprint density at radius 2 is 1.81 bits per heavy atom. The molecule has 0 spiro atoms. The van der Waals surface area contributed by atoms with Crippen molar-refractivity contribution in [2.24, 2.45) is 0 Å². The first kappa shape index (κ1) is 20.5. The van der Waals surface area contributed by atoms with Crippen LogP contribution in [0.15, 0.2) is 47.4 Å². The molecule has 0 aliphatic carbocycles. The number of rotatable bonds is 7. The Balaban J connectivity index is 1.98. The number of nitrogens with one attached hydrogen (secondary N) is 1. The number of hydrogen-bond donors (Lipinski definition) is 1. The van der Waals surface area contributed by atoms with Crippen molar-refractivity contribution in [3.05, 3.63) is 58.1 Å². The number of benzene rings is 2. The van der Waals surface area contributed by atoms with Crippen LogP contribution in [-0.2, 0) is 21.4 Å². The van der Waals surface area contributed by atoms with E-state index >= 15 is 0 Å². The number of amides is 1. The van der Waals surface area contributed by atoms with E-state index in [1.54, 1.807) is 30.3 Å². The highest BCUT2D eigenvalue weighted by Gasteiger charge is 2.23. The Morgan fingerprint density at radius 1 is 1.15 bits per heavy atom. The van der Waals surface area contributed by atoms with Gasteiger partial charge in [0.1, 0.15) is 5.75 Å². The molecule has 0 saturated heterocycles. The summed E-state index contributed by atoms with van der Waals surface area (Å²) in [6.07, 6.45) is 0. The predicted molar refractivity (Wildman–Crippen MR) is 101 cm³/mol. The Kier molecular flexibility index (Phi) is 6.88. The molecule has 1 N–H and O–H groups in total. The Bertz CT molecular complexity index is 886. The molecule has 2 rings (SSSR count). The van der Waals surface area contributed by atoms with Gasteiger partial charge in [0.15, 0.2) is 0 Å². The maximum Gasteiger partial charge on any atom is 0.243 e. The Labute approximate surface area is 162 Å². The maximum atomic E-state index is 12.5. The van der Waals surface area contributed by atoms with E-state index in [2.05, 4.69) is 5.32 Å². The summed E-state index contributed by atoms with van der Waals surface area (Å²) in [5.41, 5.74) is 0.685. The molecule has 6 nitrogen and oxygen atoms in total. The third-order valence-electron chi connectivity index (χ3n) is 3.63. The SMILES string of the molecule is COc1ccc(S(=O)(=O)N(C)CC(=O)NCc2ccc(Cl)cc2Cl)cc1. The number of ether oxygens (including phenoxy) is 1. The summed E-state index contributed by atoms with van der Waals surface area (Å²) in [7, 11) is -0.948. The molecule has 9 heteroatoms. The molecule has 0 radical (unpaired) electrons. The number of carbonyl (C=O) groups excluding carboxylic acids is 1. The maximum absolute atomic E-state index is 12.5. The number of likely N-dealkylation sites (N-methyl/N-ethyl adjacent to an activating group) is 1. The highest BCUT2D eigenvalue weighted by atomic mass is 35.5. The van der Waals surface area contributed by atoms with Crippen LogP contribution < -0.4 is 10.1 Å². The van der Waals surface area contributed by atoms with Gasteiger partial charge in [-0.1, -0.05) is 29.3 Å². The van der Waals surface area contributed by atoms with E-state index in [9.17, 15) is 13.2 Å². The third-order valence-corrected chi connectivity index (χ3v) is 6.03. The molecule has 0 unspecified atom stereocenters. The van der Waals surface area contributed by atoms with Crippen molar-refractivity contribution >= 4 is 39.1 Å². The zero-order valence-electron chi connectivity index (χ0n) is 14.2. The number of sulfonamides is 1. The van der Waals surface area contributed by atoms with E-state index in [4.69, 9.17) is 27.9 Å². The molecule has 0 heterocycles. The molecule has 0 bridgehead atoms. The van der Waals surface area contributed by atoms with Crippen LogP contribution in [0.4, 0.5) is 0 Å². The van der Waals surface area contributed by atoms with E-state index in [1.165, 1.54) is 26.3 Å². The van der Waals surface area contributed by atoms with Crippen LogP contribution >= 0.6 is 23.2 Å². The van der Waals surface area contributed by atoms with Gasteiger partial charge in [-0.15, -0.1) is 0 Å². The lowest BCUT2D eigenvalue weighted by Gasteiger charge is -2.17. The summed E-state index contributed by atoms with van der Waals surface area (Å²) < 4.78 is 31.0. The minimum absolute atomic E-state index is 0.0781. The first-order valence-electron chi connectivity index (χ1n) is 7.55. The molecule has 0 saturated carbocycles. The summed E-state index contributed by atoms with van der Waals surface area (Å²) in [5.74, 6) is 0.0970. The van der Waals surface area contributed by atoms with Crippen molar-refractivity contribution in [3.8, 4) is 5.75 Å². The molecule has 0 aromatic heterocycles. The Hall–Kier alpha value is -1.80. The van der Waals surface area contributed by atoms with E-state index in [1.807, 2.05) is 0 Å². The highest BCUT2D eigenvalue weighted by Crippen LogP contribution is 2.21. The van der Waals surface area contributed by atoms with Crippen molar-refractivity contribution in [2.75, 3.05) is 20.7 Å². The molecular weight excluding hydrogens is 399 g/mol. The van der Waals surface area contributed by atoms with Gasteiger partial charge in [-0.25, -0.2) is 8.42 Å². The number of halogens is 2. The number of carbonyl (C=O) groups is 1. The van der Waals surface area contributed by atoms with Crippen LogP contribution in [0.5, 0.6) is 5.75 Å². The summed E-state index contributed by atoms with van der Waals surface area (Å²) in [5, 5.41) is 3.56.